The molecule has 0 saturated heterocycles. The molecule has 1 aromatic rings. The number of carbonyl (C=O) groups excluding carboxylic acids is 2. The minimum Gasteiger partial charge on any atom is -0.326 e. The van der Waals surface area contributed by atoms with Gasteiger partial charge in [0.1, 0.15) is 0 Å². The van der Waals surface area contributed by atoms with Gasteiger partial charge in [0.2, 0.25) is 11.8 Å². The maximum absolute atomic E-state index is 12.1. The molecule has 2 amide bonds. The smallest absolute Gasteiger partial charge is 0.244 e. The number of hydrogen-bond donors (Lipinski definition) is 3. The van der Waals surface area contributed by atoms with E-state index in [0.29, 0.717) is 30.1 Å². The van der Waals surface area contributed by atoms with E-state index < -0.39 is 5.54 Å². The highest BCUT2D eigenvalue weighted by atomic mass is 16.2. The van der Waals surface area contributed by atoms with Crippen LogP contribution >= 0.6 is 0 Å². The lowest BCUT2D eigenvalue weighted by molar-refractivity contribution is -0.121. The summed E-state index contributed by atoms with van der Waals surface area (Å²) in [5.74, 6) is 0.106. The predicted octanol–water partition coefficient (Wildman–Crippen LogP) is 3.13. The normalized spacial score (nSPS) is 13.5. The zero-order valence-corrected chi connectivity index (χ0v) is 13.9. The Labute approximate surface area is 132 Å². The Morgan fingerprint density at radius 3 is 2.09 bits per heavy atom. The van der Waals surface area contributed by atoms with Gasteiger partial charge in [-0.1, -0.05) is 27.2 Å². The molecule has 122 valence electrons. The summed E-state index contributed by atoms with van der Waals surface area (Å²) in [5.41, 5.74) is 6.50. The Kier molecular flexibility index (Phi) is 6.56. The number of hydrogen-bond acceptors (Lipinski definition) is 3. The third-order valence-corrected chi connectivity index (χ3v) is 3.31. The fourth-order valence-electron chi connectivity index (χ4n) is 2.13. The van der Waals surface area contributed by atoms with Crippen LogP contribution in [-0.4, -0.2) is 17.4 Å². The first-order valence-electron chi connectivity index (χ1n) is 7.75. The number of anilines is 2. The van der Waals surface area contributed by atoms with Gasteiger partial charge in [-0.3, -0.25) is 9.59 Å². The number of amides is 2. The van der Waals surface area contributed by atoms with Crippen LogP contribution in [0.3, 0.4) is 0 Å². The van der Waals surface area contributed by atoms with Crippen molar-refractivity contribution in [1.29, 1.82) is 0 Å². The highest BCUT2D eigenvalue weighted by molar-refractivity contribution is 5.98. The van der Waals surface area contributed by atoms with Gasteiger partial charge in [0.05, 0.1) is 5.54 Å². The summed E-state index contributed by atoms with van der Waals surface area (Å²) < 4.78 is 0. The molecule has 0 aromatic heterocycles. The van der Waals surface area contributed by atoms with Crippen molar-refractivity contribution in [2.75, 3.05) is 10.6 Å². The molecular weight excluding hydrogens is 278 g/mol. The first-order chi connectivity index (χ1) is 10.2. The maximum atomic E-state index is 12.1. The summed E-state index contributed by atoms with van der Waals surface area (Å²) in [4.78, 5) is 23.8. The number of carbonyl (C=O) groups is 2. The van der Waals surface area contributed by atoms with E-state index in [1.807, 2.05) is 20.8 Å². The van der Waals surface area contributed by atoms with E-state index >= 15 is 0 Å². The summed E-state index contributed by atoms with van der Waals surface area (Å²) in [6, 6.07) is 7.04. The average molecular weight is 305 g/mol. The van der Waals surface area contributed by atoms with Crippen LogP contribution in [0.25, 0.3) is 0 Å². The largest absolute Gasteiger partial charge is 0.326 e. The van der Waals surface area contributed by atoms with Gasteiger partial charge in [0, 0.05) is 17.8 Å². The summed E-state index contributed by atoms with van der Waals surface area (Å²) in [7, 11) is 0. The molecule has 0 bridgehead atoms. The first-order valence-corrected chi connectivity index (χ1v) is 7.75. The van der Waals surface area contributed by atoms with Crippen LogP contribution in [0.2, 0.25) is 0 Å². The second kappa shape index (κ2) is 7.94. The summed E-state index contributed by atoms with van der Waals surface area (Å²) >= 11 is 0. The molecule has 0 aliphatic carbocycles. The van der Waals surface area contributed by atoms with Gasteiger partial charge >= 0.3 is 0 Å². The molecule has 0 saturated carbocycles. The van der Waals surface area contributed by atoms with Crippen LogP contribution in [0.5, 0.6) is 0 Å². The molecule has 1 rings (SSSR count). The third-order valence-electron chi connectivity index (χ3n) is 3.31. The molecule has 0 fully saturated rings. The van der Waals surface area contributed by atoms with Gasteiger partial charge in [-0.25, -0.2) is 0 Å². The van der Waals surface area contributed by atoms with Crippen molar-refractivity contribution in [2.45, 2.75) is 52.5 Å². The second-order valence-electron chi connectivity index (χ2n) is 6.35. The summed E-state index contributed by atoms with van der Waals surface area (Å²) in [6.45, 7) is 7.72. The molecule has 5 nitrogen and oxygen atoms in total. The SMILES string of the molecule is CCCC(C)(N)C(=O)Nc1ccc(NC(=O)CC(C)C)cc1. The van der Waals surface area contributed by atoms with Gasteiger partial charge in [0.15, 0.2) is 0 Å². The van der Waals surface area contributed by atoms with Crippen molar-refractivity contribution in [1.82, 2.24) is 0 Å². The Morgan fingerprint density at radius 2 is 1.64 bits per heavy atom. The van der Waals surface area contributed by atoms with Gasteiger partial charge in [-0.05, 0) is 43.5 Å². The second-order valence-corrected chi connectivity index (χ2v) is 6.35. The molecule has 1 atom stereocenters. The Hall–Kier alpha value is -1.88. The minimum absolute atomic E-state index is 0.00994. The van der Waals surface area contributed by atoms with Gasteiger partial charge in [-0.2, -0.15) is 0 Å². The van der Waals surface area contributed by atoms with Crippen molar-refractivity contribution >= 4 is 23.2 Å². The van der Waals surface area contributed by atoms with Crippen LogP contribution in [0.15, 0.2) is 24.3 Å². The summed E-state index contributed by atoms with van der Waals surface area (Å²) in [5, 5.41) is 5.63. The summed E-state index contributed by atoms with van der Waals surface area (Å²) in [6.07, 6.45) is 1.96. The topological polar surface area (TPSA) is 84.2 Å². The van der Waals surface area contributed by atoms with E-state index in [1.165, 1.54) is 0 Å². The van der Waals surface area contributed by atoms with Gasteiger partial charge in [-0.15, -0.1) is 0 Å². The van der Waals surface area contributed by atoms with Crippen molar-refractivity contribution in [3.8, 4) is 0 Å². The van der Waals surface area contributed by atoms with Crippen LogP contribution in [0, 0.1) is 5.92 Å². The standard InChI is InChI=1S/C17H27N3O2/c1-5-10-17(4,18)16(22)20-14-8-6-13(7-9-14)19-15(21)11-12(2)3/h6-9,12H,5,10-11,18H2,1-4H3,(H,19,21)(H,20,22). The molecule has 0 heterocycles. The lowest BCUT2D eigenvalue weighted by Crippen LogP contribution is -2.48. The molecule has 0 spiro atoms. The lowest BCUT2D eigenvalue weighted by atomic mass is 9.96. The third kappa shape index (κ3) is 5.85. The zero-order valence-electron chi connectivity index (χ0n) is 13.9. The molecule has 4 N–H and O–H groups in total. The minimum atomic E-state index is -0.876. The van der Waals surface area contributed by atoms with Crippen molar-refractivity contribution in [3.05, 3.63) is 24.3 Å². The predicted molar refractivity (Wildman–Crippen MR) is 90.7 cm³/mol. The highest BCUT2D eigenvalue weighted by Gasteiger charge is 2.27. The molecule has 1 unspecified atom stereocenters. The molecule has 1 aromatic carbocycles. The zero-order chi connectivity index (χ0) is 16.8. The van der Waals surface area contributed by atoms with E-state index in [2.05, 4.69) is 10.6 Å². The van der Waals surface area contributed by atoms with Crippen molar-refractivity contribution in [3.63, 3.8) is 0 Å². The fraction of sp³-hybridized carbons (Fsp3) is 0.529. The van der Waals surface area contributed by atoms with Crippen LogP contribution in [0.4, 0.5) is 11.4 Å². The van der Waals surface area contributed by atoms with E-state index in [1.54, 1.807) is 31.2 Å². The molecule has 5 heteroatoms. The number of nitrogens with one attached hydrogen (secondary N) is 2. The molecule has 0 aliphatic heterocycles. The monoisotopic (exact) mass is 305 g/mol. The highest BCUT2D eigenvalue weighted by Crippen LogP contribution is 2.17. The molecular formula is C17H27N3O2. The van der Waals surface area contributed by atoms with Gasteiger partial charge < -0.3 is 16.4 Å². The molecule has 22 heavy (non-hydrogen) atoms. The van der Waals surface area contributed by atoms with Gasteiger partial charge in [0.25, 0.3) is 0 Å². The fourth-order valence-corrected chi connectivity index (χ4v) is 2.13. The first kappa shape index (κ1) is 18.2. The number of benzene rings is 1. The number of nitrogens with two attached hydrogens (primary N) is 1. The van der Waals surface area contributed by atoms with E-state index in [-0.39, 0.29) is 11.8 Å². The Bertz CT molecular complexity index is 507. The van der Waals surface area contributed by atoms with E-state index in [0.717, 1.165) is 6.42 Å². The maximum Gasteiger partial charge on any atom is 0.244 e. The molecule has 0 radical (unpaired) electrons. The Morgan fingerprint density at radius 1 is 1.14 bits per heavy atom. The number of rotatable bonds is 7. The van der Waals surface area contributed by atoms with Crippen LogP contribution in [0.1, 0.15) is 47.0 Å². The van der Waals surface area contributed by atoms with E-state index in [4.69, 9.17) is 5.73 Å². The lowest BCUT2D eigenvalue weighted by Gasteiger charge is -2.22. The van der Waals surface area contributed by atoms with Crippen LogP contribution in [-0.2, 0) is 9.59 Å². The van der Waals surface area contributed by atoms with Crippen molar-refractivity contribution in [2.24, 2.45) is 11.7 Å². The average Bonchev–Trinajstić information content (AvgIpc) is 2.39. The van der Waals surface area contributed by atoms with E-state index in [9.17, 15) is 9.59 Å². The quantitative estimate of drug-likeness (QED) is 0.723. The van der Waals surface area contributed by atoms with Crippen molar-refractivity contribution < 1.29 is 9.59 Å². The Balaban J connectivity index is 2.62. The molecule has 0 aliphatic rings. The van der Waals surface area contributed by atoms with Crippen LogP contribution < -0.4 is 16.4 Å².